The molecule has 15 heavy (non-hydrogen) atoms. The van der Waals surface area contributed by atoms with Crippen LogP contribution in [0.3, 0.4) is 0 Å². The van der Waals surface area contributed by atoms with Gasteiger partial charge in [0.05, 0.1) is 5.92 Å². The maximum atomic E-state index is 11.6. The molecule has 0 spiro atoms. The van der Waals surface area contributed by atoms with Crippen LogP contribution in [0.4, 0.5) is 0 Å². The molecular formula is C10H21ClN2OS. The van der Waals surface area contributed by atoms with Crippen LogP contribution in [0.1, 0.15) is 20.3 Å². The normalized spacial score (nSPS) is 20.9. The van der Waals surface area contributed by atoms with Crippen molar-refractivity contribution >= 4 is 30.1 Å². The second kappa shape index (κ2) is 6.61. The van der Waals surface area contributed by atoms with Gasteiger partial charge in [-0.25, -0.2) is 0 Å². The molecular weight excluding hydrogens is 232 g/mol. The van der Waals surface area contributed by atoms with Crippen molar-refractivity contribution < 1.29 is 4.79 Å². The highest BCUT2D eigenvalue weighted by molar-refractivity contribution is 7.99. The average molecular weight is 253 g/mol. The Kier molecular flexibility index (Phi) is 6.64. The second-order valence-corrected chi connectivity index (χ2v) is 5.88. The summed E-state index contributed by atoms with van der Waals surface area (Å²) in [5, 5.41) is 6.21. The SMILES string of the molecule is CSC(C)(C)CNC(=O)[C@@H]1CCNC1.Cl. The molecule has 90 valence electrons. The first kappa shape index (κ1) is 15.1. The Morgan fingerprint density at radius 2 is 2.27 bits per heavy atom. The van der Waals surface area contributed by atoms with E-state index in [9.17, 15) is 4.79 Å². The van der Waals surface area contributed by atoms with E-state index in [0.29, 0.717) is 0 Å². The van der Waals surface area contributed by atoms with Crippen molar-refractivity contribution in [3.8, 4) is 0 Å². The van der Waals surface area contributed by atoms with E-state index < -0.39 is 0 Å². The van der Waals surface area contributed by atoms with Gasteiger partial charge in [0, 0.05) is 17.8 Å². The van der Waals surface area contributed by atoms with Gasteiger partial charge >= 0.3 is 0 Å². The Balaban J connectivity index is 0.00000196. The first-order chi connectivity index (χ1) is 6.55. The van der Waals surface area contributed by atoms with E-state index in [4.69, 9.17) is 0 Å². The number of carbonyl (C=O) groups is 1. The molecule has 0 radical (unpaired) electrons. The van der Waals surface area contributed by atoms with Crippen LogP contribution in [0, 0.1) is 5.92 Å². The standard InChI is InChI=1S/C10H20N2OS.ClH/c1-10(2,14-3)7-12-9(13)8-4-5-11-6-8;/h8,11H,4-7H2,1-3H3,(H,12,13);1H/t8-;/m1./s1. The predicted octanol–water partition coefficient (Wildman–Crippen LogP) is 1.28. The maximum Gasteiger partial charge on any atom is 0.224 e. The lowest BCUT2D eigenvalue weighted by Crippen LogP contribution is -2.39. The van der Waals surface area contributed by atoms with Gasteiger partial charge in [-0.15, -0.1) is 12.4 Å². The minimum atomic E-state index is 0. The molecule has 1 aliphatic heterocycles. The highest BCUT2D eigenvalue weighted by atomic mass is 35.5. The number of carbonyl (C=O) groups excluding carboxylic acids is 1. The lowest BCUT2D eigenvalue weighted by atomic mass is 10.1. The Labute approximate surface area is 103 Å². The summed E-state index contributed by atoms with van der Waals surface area (Å²) in [6, 6.07) is 0. The fraction of sp³-hybridized carbons (Fsp3) is 0.900. The van der Waals surface area contributed by atoms with Crippen molar-refractivity contribution in [2.45, 2.75) is 25.0 Å². The van der Waals surface area contributed by atoms with Crippen LogP contribution in [0.15, 0.2) is 0 Å². The van der Waals surface area contributed by atoms with E-state index in [0.717, 1.165) is 26.1 Å². The molecule has 1 aliphatic rings. The molecule has 2 N–H and O–H groups in total. The number of nitrogens with one attached hydrogen (secondary N) is 2. The van der Waals surface area contributed by atoms with Crippen molar-refractivity contribution in [2.75, 3.05) is 25.9 Å². The van der Waals surface area contributed by atoms with E-state index in [1.54, 1.807) is 11.8 Å². The molecule has 1 amide bonds. The topological polar surface area (TPSA) is 41.1 Å². The Hall–Kier alpha value is 0.0700. The Morgan fingerprint density at radius 1 is 1.60 bits per heavy atom. The molecule has 5 heteroatoms. The summed E-state index contributed by atoms with van der Waals surface area (Å²) in [6.07, 6.45) is 3.05. The zero-order valence-electron chi connectivity index (χ0n) is 9.63. The zero-order valence-corrected chi connectivity index (χ0v) is 11.3. The Bertz CT molecular complexity index is 206. The van der Waals surface area contributed by atoms with Gasteiger partial charge in [-0.1, -0.05) is 0 Å². The fourth-order valence-electron chi connectivity index (χ4n) is 1.39. The number of thioether (sulfide) groups is 1. The third-order valence-corrected chi connectivity index (χ3v) is 3.92. The maximum absolute atomic E-state index is 11.6. The molecule has 1 fully saturated rings. The first-order valence-corrected chi connectivity index (χ1v) is 6.31. The van der Waals surface area contributed by atoms with Crippen LogP contribution in [0.25, 0.3) is 0 Å². The second-order valence-electron chi connectivity index (χ2n) is 4.37. The fourth-order valence-corrected chi connectivity index (χ4v) is 1.61. The largest absolute Gasteiger partial charge is 0.354 e. The third-order valence-electron chi connectivity index (χ3n) is 2.67. The predicted molar refractivity (Wildman–Crippen MR) is 68.8 cm³/mol. The van der Waals surface area contributed by atoms with Crippen molar-refractivity contribution in [3.05, 3.63) is 0 Å². The smallest absolute Gasteiger partial charge is 0.224 e. The lowest BCUT2D eigenvalue weighted by Gasteiger charge is -2.23. The summed E-state index contributed by atoms with van der Waals surface area (Å²) < 4.78 is 0.141. The number of hydrogen-bond acceptors (Lipinski definition) is 3. The summed E-state index contributed by atoms with van der Waals surface area (Å²) in [5.74, 6) is 0.393. The highest BCUT2D eigenvalue weighted by Gasteiger charge is 2.24. The van der Waals surface area contributed by atoms with Crippen LogP contribution < -0.4 is 10.6 Å². The van der Waals surface area contributed by atoms with Gasteiger partial charge in [-0.2, -0.15) is 11.8 Å². The summed E-state index contributed by atoms with van der Waals surface area (Å²) in [5.41, 5.74) is 0. The first-order valence-electron chi connectivity index (χ1n) is 5.09. The molecule has 0 aromatic carbocycles. The monoisotopic (exact) mass is 252 g/mol. The molecule has 0 aliphatic carbocycles. The summed E-state index contributed by atoms with van der Waals surface area (Å²) in [7, 11) is 0. The van der Waals surface area contributed by atoms with E-state index in [1.165, 1.54) is 0 Å². The lowest BCUT2D eigenvalue weighted by molar-refractivity contribution is -0.124. The molecule has 1 heterocycles. The van der Waals surface area contributed by atoms with Crippen LogP contribution >= 0.6 is 24.2 Å². The molecule has 1 rings (SSSR count). The van der Waals surface area contributed by atoms with E-state index in [1.807, 2.05) is 0 Å². The molecule has 1 saturated heterocycles. The Morgan fingerprint density at radius 3 is 2.73 bits per heavy atom. The van der Waals surface area contributed by atoms with Crippen molar-refractivity contribution in [1.29, 1.82) is 0 Å². The number of halogens is 1. The van der Waals surface area contributed by atoms with Gasteiger partial charge < -0.3 is 10.6 Å². The van der Waals surface area contributed by atoms with Gasteiger partial charge in [-0.3, -0.25) is 4.79 Å². The van der Waals surface area contributed by atoms with Crippen LogP contribution in [0.2, 0.25) is 0 Å². The quantitative estimate of drug-likeness (QED) is 0.792. The minimum absolute atomic E-state index is 0. The van der Waals surface area contributed by atoms with E-state index in [2.05, 4.69) is 30.7 Å². The molecule has 1 atom stereocenters. The average Bonchev–Trinajstić information content (AvgIpc) is 2.67. The zero-order chi connectivity index (χ0) is 10.6. The van der Waals surface area contributed by atoms with Gasteiger partial charge in [0.15, 0.2) is 0 Å². The van der Waals surface area contributed by atoms with Crippen LogP contribution in [-0.2, 0) is 4.79 Å². The summed E-state index contributed by atoms with van der Waals surface area (Å²) >= 11 is 1.78. The number of hydrogen-bond donors (Lipinski definition) is 2. The van der Waals surface area contributed by atoms with Crippen molar-refractivity contribution in [3.63, 3.8) is 0 Å². The third kappa shape index (κ3) is 5.09. The van der Waals surface area contributed by atoms with E-state index >= 15 is 0 Å². The van der Waals surface area contributed by atoms with Gasteiger partial charge in [0.25, 0.3) is 0 Å². The van der Waals surface area contributed by atoms with Crippen molar-refractivity contribution in [2.24, 2.45) is 5.92 Å². The van der Waals surface area contributed by atoms with Crippen molar-refractivity contribution in [1.82, 2.24) is 10.6 Å². The number of rotatable bonds is 4. The van der Waals surface area contributed by atoms with Gasteiger partial charge in [0.1, 0.15) is 0 Å². The van der Waals surface area contributed by atoms with Crippen LogP contribution in [-0.4, -0.2) is 36.5 Å². The van der Waals surface area contributed by atoms with Gasteiger partial charge in [-0.05, 0) is 33.1 Å². The van der Waals surface area contributed by atoms with Gasteiger partial charge in [0.2, 0.25) is 5.91 Å². The molecule has 0 aromatic rings. The summed E-state index contributed by atoms with van der Waals surface area (Å²) in [6.45, 7) is 6.86. The van der Waals surface area contributed by atoms with E-state index in [-0.39, 0.29) is 29.0 Å². The molecule has 0 unspecified atom stereocenters. The number of amides is 1. The minimum Gasteiger partial charge on any atom is -0.354 e. The molecule has 0 aromatic heterocycles. The summed E-state index contributed by atoms with van der Waals surface area (Å²) in [4.78, 5) is 11.6. The van der Waals surface area contributed by atoms with Crippen LogP contribution in [0.5, 0.6) is 0 Å². The molecule has 3 nitrogen and oxygen atoms in total. The molecule has 0 saturated carbocycles. The molecule has 0 bridgehead atoms. The highest BCUT2D eigenvalue weighted by Crippen LogP contribution is 2.19.